The molecule has 0 aromatic heterocycles. The first kappa shape index (κ1) is 18.4. The standard InChI is InChI=1S/C16H32O3/c1-2-3-4-5-6-7-8-9-10-11-12-13-15(17)14-16(18)19/h15,17H,2-14H2,1H3,(H,18,19)/t15-/m1/s1. The lowest BCUT2D eigenvalue weighted by Crippen LogP contribution is -2.12. The molecule has 0 spiro atoms. The summed E-state index contributed by atoms with van der Waals surface area (Å²) in [5.74, 6) is -0.907. The van der Waals surface area contributed by atoms with Crippen molar-refractivity contribution in [3.05, 3.63) is 0 Å². The Bertz CT molecular complexity index is 204. The first-order valence-electron chi connectivity index (χ1n) is 8.06. The zero-order valence-corrected chi connectivity index (χ0v) is 12.6. The quantitative estimate of drug-likeness (QED) is 0.457. The van der Waals surface area contributed by atoms with E-state index in [1.807, 2.05) is 0 Å². The highest BCUT2D eigenvalue weighted by atomic mass is 16.4. The Morgan fingerprint density at radius 1 is 0.842 bits per heavy atom. The Hall–Kier alpha value is -0.570. The molecule has 19 heavy (non-hydrogen) atoms. The molecule has 114 valence electrons. The van der Waals surface area contributed by atoms with Crippen LogP contribution in [-0.4, -0.2) is 22.3 Å². The van der Waals surface area contributed by atoms with Gasteiger partial charge in [-0.05, 0) is 6.42 Å². The molecule has 0 aliphatic rings. The molecule has 2 N–H and O–H groups in total. The monoisotopic (exact) mass is 272 g/mol. The van der Waals surface area contributed by atoms with Crippen LogP contribution in [0.2, 0.25) is 0 Å². The maximum Gasteiger partial charge on any atom is 0.305 e. The minimum atomic E-state index is -0.907. The van der Waals surface area contributed by atoms with E-state index in [4.69, 9.17) is 5.11 Å². The number of hydrogen-bond acceptors (Lipinski definition) is 2. The van der Waals surface area contributed by atoms with Crippen LogP contribution in [0.1, 0.15) is 90.4 Å². The van der Waals surface area contributed by atoms with Crippen LogP contribution < -0.4 is 0 Å². The molecule has 0 heterocycles. The summed E-state index contributed by atoms with van der Waals surface area (Å²) >= 11 is 0. The van der Waals surface area contributed by atoms with Crippen molar-refractivity contribution < 1.29 is 15.0 Å². The summed E-state index contributed by atoms with van der Waals surface area (Å²) in [4.78, 5) is 10.4. The van der Waals surface area contributed by atoms with Gasteiger partial charge in [0.1, 0.15) is 0 Å². The van der Waals surface area contributed by atoms with Crippen LogP contribution in [0.25, 0.3) is 0 Å². The summed E-state index contributed by atoms with van der Waals surface area (Å²) in [5.41, 5.74) is 0. The molecule has 0 aliphatic heterocycles. The average Bonchev–Trinajstić information content (AvgIpc) is 2.35. The molecule has 0 aromatic rings. The van der Waals surface area contributed by atoms with Crippen LogP contribution in [0, 0.1) is 0 Å². The van der Waals surface area contributed by atoms with Crippen molar-refractivity contribution in [3.8, 4) is 0 Å². The van der Waals surface area contributed by atoms with Crippen LogP contribution in [0.15, 0.2) is 0 Å². The van der Waals surface area contributed by atoms with E-state index in [9.17, 15) is 9.90 Å². The zero-order valence-electron chi connectivity index (χ0n) is 12.6. The van der Waals surface area contributed by atoms with Crippen LogP contribution in [-0.2, 0) is 4.79 Å². The van der Waals surface area contributed by atoms with E-state index in [-0.39, 0.29) is 6.42 Å². The van der Waals surface area contributed by atoms with Crippen molar-refractivity contribution in [3.63, 3.8) is 0 Å². The molecule has 0 aliphatic carbocycles. The number of rotatable bonds is 14. The minimum absolute atomic E-state index is 0.113. The maximum atomic E-state index is 10.4. The number of unbranched alkanes of at least 4 members (excludes halogenated alkanes) is 10. The second-order valence-electron chi connectivity index (χ2n) is 5.58. The van der Waals surface area contributed by atoms with Gasteiger partial charge in [-0.25, -0.2) is 0 Å². The number of aliphatic hydroxyl groups excluding tert-OH is 1. The molecule has 3 nitrogen and oxygen atoms in total. The number of carboxylic acids is 1. The third-order valence-corrected chi connectivity index (χ3v) is 3.55. The molecule has 0 aromatic carbocycles. The van der Waals surface area contributed by atoms with Gasteiger partial charge in [0.05, 0.1) is 12.5 Å². The third-order valence-electron chi connectivity index (χ3n) is 3.55. The van der Waals surface area contributed by atoms with E-state index in [1.165, 1.54) is 57.8 Å². The topological polar surface area (TPSA) is 57.5 Å². The van der Waals surface area contributed by atoms with Gasteiger partial charge >= 0.3 is 5.97 Å². The fourth-order valence-electron chi connectivity index (χ4n) is 2.35. The summed E-state index contributed by atoms with van der Waals surface area (Å²) in [7, 11) is 0. The van der Waals surface area contributed by atoms with E-state index in [0.29, 0.717) is 6.42 Å². The van der Waals surface area contributed by atoms with Gasteiger partial charge in [-0.1, -0.05) is 77.6 Å². The van der Waals surface area contributed by atoms with E-state index in [1.54, 1.807) is 0 Å². The molecule has 0 amide bonds. The predicted octanol–water partition coefficient (Wildman–Crippen LogP) is 4.52. The number of carboxylic acid groups (broad SMARTS) is 1. The van der Waals surface area contributed by atoms with Crippen LogP contribution in [0.5, 0.6) is 0 Å². The Balaban J connectivity index is 3.08. The summed E-state index contributed by atoms with van der Waals surface area (Å²) in [6.07, 6.45) is 13.9. The van der Waals surface area contributed by atoms with Crippen LogP contribution >= 0.6 is 0 Å². The van der Waals surface area contributed by atoms with Crippen molar-refractivity contribution in [1.82, 2.24) is 0 Å². The van der Waals surface area contributed by atoms with Gasteiger partial charge < -0.3 is 10.2 Å². The molecular weight excluding hydrogens is 240 g/mol. The first-order chi connectivity index (χ1) is 9.16. The normalized spacial score (nSPS) is 12.5. The number of carbonyl (C=O) groups is 1. The molecule has 0 radical (unpaired) electrons. The Kier molecular flexibility index (Phi) is 13.4. The highest BCUT2D eigenvalue weighted by Crippen LogP contribution is 2.13. The summed E-state index contributed by atoms with van der Waals surface area (Å²) < 4.78 is 0. The number of hydrogen-bond donors (Lipinski definition) is 2. The molecule has 0 fully saturated rings. The fraction of sp³-hybridized carbons (Fsp3) is 0.938. The van der Waals surface area contributed by atoms with Crippen LogP contribution in [0.4, 0.5) is 0 Å². The number of aliphatic carboxylic acids is 1. The Morgan fingerprint density at radius 3 is 1.68 bits per heavy atom. The smallest absolute Gasteiger partial charge is 0.305 e. The third kappa shape index (κ3) is 15.4. The lowest BCUT2D eigenvalue weighted by Gasteiger charge is -2.07. The fourth-order valence-corrected chi connectivity index (χ4v) is 2.35. The first-order valence-corrected chi connectivity index (χ1v) is 8.06. The van der Waals surface area contributed by atoms with Crippen molar-refractivity contribution in [2.75, 3.05) is 0 Å². The lowest BCUT2D eigenvalue weighted by molar-refractivity contribution is -0.139. The van der Waals surface area contributed by atoms with E-state index in [2.05, 4.69) is 6.92 Å². The van der Waals surface area contributed by atoms with Crippen molar-refractivity contribution >= 4 is 5.97 Å². The summed E-state index contributed by atoms with van der Waals surface area (Å²) in [6, 6.07) is 0. The lowest BCUT2D eigenvalue weighted by atomic mass is 10.0. The molecule has 0 unspecified atom stereocenters. The van der Waals surface area contributed by atoms with Gasteiger partial charge in [0.15, 0.2) is 0 Å². The Morgan fingerprint density at radius 2 is 1.26 bits per heavy atom. The van der Waals surface area contributed by atoms with Gasteiger partial charge in [-0.2, -0.15) is 0 Å². The highest BCUT2D eigenvalue weighted by molar-refractivity contribution is 5.67. The van der Waals surface area contributed by atoms with Gasteiger partial charge in [-0.15, -0.1) is 0 Å². The SMILES string of the molecule is CCCCCCCCCCCCC[C@@H](O)CC(=O)O. The molecular formula is C16H32O3. The van der Waals surface area contributed by atoms with Gasteiger partial charge in [0, 0.05) is 0 Å². The maximum absolute atomic E-state index is 10.4. The second kappa shape index (κ2) is 13.9. The summed E-state index contributed by atoms with van der Waals surface area (Å²) in [5, 5.41) is 17.9. The van der Waals surface area contributed by atoms with Crippen molar-refractivity contribution in [2.45, 2.75) is 96.5 Å². The second-order valence-corrected chi connectivity index (χ2v) is 5.58. The average molecular weight is 272 g/mol. The molecule has 0 saturated heterocycles. The van der Waals surface area contributed by atoms with E-state index < -0.39 is 12.1 Å². The Labute approximate surface area is 118 Å². The number of aliphatic hydroxyl groups is 1. The van der Waals surface area contributed by atoms with Gasteiger partial charge in [0.2, 0.25) is 0 Å². The summed E-state index contributed by atoms with van der Waals surface area (Å²) in [6.45, 7) is 2.24. The molecule has 1 atom stereocenters. The molecule has 0 bridgehead atoms. The molecule has 0 saturated carbocycles. The van der Waals surface area contributed by atoms with Gasteiger partial charge in [0.25, 0.3) is 0 Å². The minimum Gasteiger partial charge on any atom is -0.481 e. The largest absolute Gasteiger partial charge is 0.481 e. The highest BCUT2D eigenvalue weighted by Gasteiger charge is 2.08. The van der Waals surface area contributed by atoms with E-state index >= 15 is 0 Å². The molecule has 0 rings (SSSR count). The predicted molar refractivity (Wildman–Crippen MR) is 79.3 cm³/mol. The zero-order chi connectivity index (χ0) is 14.3. The van der Waals surface area contributed by atoms with E-state index in [0.717, 1.165) is 12.8 Å². The van der Waals surface area contributed by atoms with Gasteiger partial charge in [-0.3, -0.25) is 4.79 Å². The molecule has 3 heteroatoms. The van der Waals surface area contributed by atoms with Crippen LogP contribution in [0.3, 0.4) is 0 Å². The van der Waals surface area contributed by atoms with Crippen molar-refractivity contribution in [1.29, 1.82) is 0 Å². The van der Waals surface area contributed by atoms with Crippen molar-refractivity contribution in [2.24, 2.45) is 0 Å².